The van der Waals surface area contributed by atoms with Gasteiger partial charge in [0.25, 0.3) is 0 Å². The first kappa shape index (κ1) is 28.5. The van der Waals surface area contributed by atoms with Gasteiger partial charge in [-0.1, -0.05) is 42.5 Å². The average Bonchev–Trinajstić information content (AvgIpc) is 3.36. The number of aromatic nitrogens is 1. The van der Waals surface area contributed by atoms with Crippen molar-refractivity contribution in [1.82, 2.24) is 19.7 Å². The third kappa shape index (κ3) is 4.62. The van der Waals surface area contributed by atoms with Crippen LogP contribution in [0.2, 0.25) is 0 Å². The fourth-order valence-electron chi connectivity index (χ4n) is 11.0. The minimum absolute atomic E-state index is 0.000813. The number of aliphatic hydroxyl groups excluding tert-OH is 1. The third-order valence-corrected chi connectivity index (χ3v) is 12.6. The molecule has 9 unspecified atom stereocenters. The standard InChI is InChI=1S/C37H52N4O2/c42-34-31-29-18-23-39-21-13-7-3-2-6-12-20-37(34,43)35-36(29,25-39)19-11-5-1-4-8-14-22-41(35)26-40-24-17-28-27-15-9-10-16-30(27)38-32(28)33(31)40/h1-2,5-6,9-10,15-16,29,31,33-35,38,42-43H,3-4,7-8,11-14,17-26H2. The summed E-state index contributed by atoms with van der Waals surface area (Å²) in [5, 5.41) is 27.4. The van der Waals surface area contributed by atoms with E-state index < -0.39 is 11.7 Å². The van der Waals surface area contributed by atoms with Crippen LogP contribution < -0.4 is 0 Å². The van der Waals surface area contributed by atoms with Crippen molar-refractivity contribution in [3.8, 4) is 0 Å². The van der Waals surface area contributed by atoms with Crippen LogP contribution in [0.15, 0.2) is 48.6 Å². The molecule has 1 aliphatic carbocycles. The van der Waals surface area contributed by atoms with Crippen LogP contribution in [0.1, 0.15) is 87.9 Å². The Hall–Kier alpha value is -1.96. The summed E-state index contributed by atoms with van der Waals surface area (Å²) in [4.78, 5) is 12.1. The van der Waals surface area contributed by atoms with Crippen molar-refractivity contribution in [3.63, 3.8) is 0 Å². The van der Waals surface area contributed by atoms with E-state index in [-0.39, 0.29) is 23.4 Å². The van der Waals surface area contributed by atoms with Crippen molar-refractivity contribution < 1.29 is 10.2 Å². The first-order chi connectivity index (χ1) is 21.1. The van der Waals surface area contributed by atoms with Crippen LogP contribution >= 0.6 is 0 Å². The summed E-state index contributed by atoms with van der Waals surface area (Å²) in [6.45, 7) is 6.20. The van der Waals surface area contributed by atoms with Crippen molar-refractivity contribution in [3.05, 3.63) is 59.8 Å². The van der Waals surface area contributed by atoms with Crippen molar-refractivity contribution in [2.45, 2.75) is 101 Å². The predicted molar refractivity (Wildman–Crippen MR) is 173 cm³/mol. The summed E-state index contributed by atoms with van der Waals surface area (Å²) in [6, 6.07) is 8.84. The Morgan fingerprint density at radius 1 is 0.814 bits per heavy atom. The van der Waals surface area contributed by atoms with Gasteiger partial charge in [0.2, 0.25) is 0 Å². The Balaban J connectivity index is 1.35. The van der Waals surface area contributed by atoms with Gasteiger partial charge in [-0.3, -0.25) is 9.80 Å². The summed E-state index contributed by atoms with van der Waals surface area (Å²) in [6.07, 6.45) is 21.6. The molecular formula is C37H52N4O2. The topological polar surface area (TPSA) is 66.0 Å². The first-order valence-corrected chi connectivity index (χ1v) is 17.6. The van der Waals surface area contributed by atoms with E-state index in [1.807, 2.05) is 0 Å². The Morgan fingerprint density at radius 3 is 2.44 bits per heavy atom. The SMILES string of the molecule is OC1C2C3c4[nH]c5ccccc5c4CCN3CN3CCCCC=CCCC45CN(CCCCC=CCCC1(O)C34)CCC25. The zero-order valence-electron chi connectivity index (χ0n) is 26.0. The van der Waals surface area contributed by atoms with Gasteiger partial charge in [-0.05, 0) is 114 Å². The number of hydrogen-bond acceptors (Lipinski definition) is 5. The molecule has 0 amide bonds. The molecule has 0 radical (unpaired) electrons. The molecular weight excluding hydrogens is 532 g/mol. The van der Waals surface area contributed by atoms with Gasteiger partial charge in [0.05, 0.1) is 18.8 Å². The average molecular weight is 585 g/mol. The molecule has 6 heteroatoms. The highest BCUT2D eigenvalue weighted by molar-refractivity contribution is 5.85. The molecule has 1 saturated carbocycles. The first-order valence-electron chi connectivity index (χ1n) is 17.6. The lowest BCUT2D eigenvalue weighted by Crippen LogP contribution is -2.80. The number of nitrogens with one attached hydrogen (secondary N) is 1. The molecule has 6 bridgehead atoms. The number of H-pyrrole nitrogens is 1. The van der Waals surface area contributed by atoms with Gasteiger partial charge in [0, 0.05) is 47.1 Å². The molecule has 2 aromatic rings. The molecule has 7 heterocycles. The van der Waals surface area contributed by atoms with Crippen LogP contribution in [0.25, 0.3) is 10.9 Å². The zero-order valence-corrected chi connectivity index (χ0v) is 26.0. The third-order valence-electron chi connectivity index (χ3n) is 12.6. The van der Waals surface area contributed by atoms with Crippen molar-refractivity contribution >= 4 is 10.9 Å². The van der Waals surface area contributed by atoms with E-state index in [0.717, 1.165) is 90.8 Å². The van der Waals surface area contributed by atoms with E-state index in [0.29, 0.717) is 12.3 Å². The molecule has 232 valence electrons. The second-order valence-corrected chi connectivity index (χ2v) is 14.9. The minimum Gasteiger partial charge on any atom is -0.390 e. The molecule has 9 atom stereocenters. The van der Waals surface area contributed by atoms with Crippen LogP contribution in [0, 0.1) is 17.3 Å². The normalized spacial score (nSPS) is 42.0. The molecule has 4 fully saturated rings. The Kier molecular flexibility index (Phi) is 7.58. The van der Waals surface area contributed by atoms with Gasteiger partial charge in [0.15, 0.2) is 0 Å². The fourth-order valence-corrected chi connectivity index (χ4v) is 11.0. The molecule has 43 heavy (non-hydrogen) atoms. The fraction of sp³-hybridized carbons (Fsp3) is 0.676. The van der Waals surface area contributed by atoms with E-state index in [4.69, 9.17) is 0 Å². The quantitative estimate of drug-likeness (QED) is 0.343. The van der Waals surface area contributed by atoms with Gasteiger partial charge in [0.1, 0.15) is 5.60 Å². The number of piperidine rings is 1. The van der Waals surface area contributed by atoms with Crippen LogP contribution in [-0.4, -0.2) is 87.0 Å². The number of para-hydroxylation sites is 1. The molecule has 1 spiro atoms. The van der Waals surface area contributed by atoms with Crippen LogP contribution in [0.4, 0.5) is 0 Å². The van der Waals surface area contributed by atoms with Gasteiger partial charge in [-0.2, -0.15) is 0 Å². The highest BCUT2D eigenvalue weighted by atomic mass is 16.3. The molecule has 1 aromatic carbocycles. The number of hydrogen-bond donors (Lipinski definition) is 3. The van der Waals surface area contributed by atoms with Crippen LogP contribution in [-0.2, 0) is 6.42 Å². The summed E-state index contributed by atoms with van der Waals surface area (Å²) in [5.41, 5.74) is 2.78. The summed E-state index contributed by atoms with van der Waals surface area (Å²) >= 11 is 0. The number of aliphatic hydroxyl groups is 2. The Morgan fingerprint density at radius 2 is 1.58 bits per heavy atom. The molecule has 1 aromatic heterocycles. The lowest BCUT2D eigenvalue weighted by molar-refractivity contribution is -0.283. The van der Waals surface area contributed by atoms with Gasteiger partial charge >= 0.3 is 0 Å². The number of rotatable bonds is 0. The Labute approximate surface area is 257 Å². The number of aromatic amines is 1. The Bertz CT molecular complexity index is 1370. The second-order valence-electron chi connectivity index (χ2n) is 14.9. The van der Waals surface area contributed by atoms with E-state index >= 15 is 0 Å². The van der Waals surface area contributed by atoms with Crippen molar-refractivity contribution in [1.29, 1.82) is 0 Å². The number of benzene rings is 1. The second kappa shape index (κ2) is 11.4. The van der Waals surface area contributed by atoms with Crippen molar-refractivity contribution in [2.24, 2.45) is 17.3 Å². The highest BCUT2D eigenvalue weighted by Gasteiger charge is 2.69. The largest absolute Gasteiger partial charge is 0.390 e. The van der Waals surface area contributed by atoms with E-state index in [9.17, 15) is 10.2 Å². The smallest absolute Gasteiger partial charge is 0.107 e. The molecule has 7 aliphatic rings. The van der Waals surface area contributed by atoms with Crippen LogP contribution in [0.5, 0.6) is 0 Å². The maximum Gasteiger partial charge on any atom is 0.107 e. The van der Waals surface area contributed by atoms with Crippen molar-refractivity contribution in [2.75, 3.05) is 39.4 Å². The van der Waals surface area contributed by atoms with Gasteiger partial charge < -0.3 is 20.1 Å². The lowest BCUT2D eigenvalue weighted by Gasteiger charge is -2.70. The maximum atomic E-state index is 13.3. The van der Waals surface area contributed by atoms with E-state index in [1.165, 1.54) is 41.4 Å². The number of nitrogens with zero attached hydrogens (tertiary/aromatic N) is 3. The lowest BCUT2D eigenvalue weighted by atomic mass is 9.46. The maximum absolute atomic E-state index is 13.3. The van der Waals surface area contributed by atoms with Crippen LogP contribution in [0.3, 0.4) is 0 Å². The number of fused-ring (bicyclic) bond motifs is 4. The minimum atomic E-state index is -1.14. The summed E-state index contributed by atoms with van der Waals surface area (Å²) in [7, 11) is 0. The predicted octanol–water partition coefficient (Wildman–Crippen LogP) is 5.78. The summed E-state index contributed by atoms with van der Waals surface area (Å²) < 4.78 is 0. The highest BCUT2D eigenvalue weighted by Crippen LogP contribution is 2.63. The van der Waals surface area contributed by atoms with Gasteiger partial charge in [-0.15, -0.1) is 0 Å². The van der Waals surface area contributed by atoms with Gasteiger partial charge in [-0.25, -0.2) is 0 Å². The molecule has 6 nitrogen and oxygen atoms in total. The molecule has 9 rings (SSSR count). The molecule has 3 saturated heterocycles. The van der Waals surface area contributed by atoms with E-state index in [1.54, 1.807) is 0 Å². The zero-order chi connectivity index (χ0) is 29.0. The van der Waals surface area contributed by atoms with E-state index in [2.05, 4.69) is 68.3 Å². The molecule has 6 aliphatic heterocycles. The summed E-state index contributed by atoms with van der Waals surface area (Å²) in [5.74, 6) is 0.368. The molecule has 3 N–H and O–H groups in total. The monoisotopic (exact) mass is 584 g/mol. The number of allylic oxidation sites excluding steroid dienone is 4.